The van der Waals surface area contributed by atoms with Gasteiger partial charge in [-0.15, -0.1) is 0 Å². The van der Waals surface area contributed by atoms with Crippen LogP contribution in [0.3, 0.4) is 0 Å². The molecule has 0 unspecified atom stereocenters. The number of halogens is 2. The number of ether oxygens (including phenoxy) is 1. The summed E-state index contributed by atoms with van der Waals surface area (Å²) in [5.41, 5.74) is 1.01. The van der Waals surface area contributed by atoms with Gasteiger partial charge in [0.1, 0.15) is 0 Å². The molecular weight excluding hydrogens is 471 g/mol. The summed E-state index contributed by atoms with van der Waals surface area (Å²) in [5.74, 6) is -0.481. The first-order valence-corrected chi connectivity index (χ1v) is 8.79. The van der Waals surface area contributed by atoms with Gasteiger partial charge in [-0.25, -0.2) is 9.79 Å². The number of carbonyl (C=O) groups is 1. The summed E-state index contributed by atoms with van der Waals surface area (Å²) in [6.45, 7) is 0. The summed E-state index contributed by atoms with van der Waals surface area (Å²) < 4.78 is 6.10. The lowest BCUT2D eigenvalue weighted by molar-refractivity contribution is -0.385. The fraction of sp³-hybridized carbons (Fsp3) is 0. The molecule has 1 aliphatic heterocycles. The van der Waals surface area contributed by atoms with E-state index in [9.17, 15) is 14.9 Å². The minimum atomic E-state index is -0.609. The third kappa shape index (κ3) is 4.00. The van der Waals surface area contributed by atoms with Crippen LogP contribution in [0.15, 0.2) is 65.3 Å². The molecule has 0 aromatic heterocycles. The predicted molar refractivity (Wildman–Crippen MR) is 107 cm³/mol. The number of cyclic esters (lactones) is 1. The second-order valence-corrected chi connectivity index (χ2v) is 6.81. The van der Waals surface area contributed by atoms with Gasteiger partial charge in [-0.05, 0) is 59.0 Å². The Hall–Kier alpha value is -2.52. The predicted octanol–water partition coefficient (Wildman–Crippen LogP) is 4.75. The molecule has 26 heavy (non-hydrogen) atoms. The molecule has 0 amide bonds. The SMILES string of the molecule is O=C1OC(c2cc(I)ccc2Cl)=NC1=CC=Cc1ccccc1[N+](=O)[O-]. The van der Waals surface area contributed by atoms with Crippen LogP contribution in [-0.4, -0.2) is 16.8 Å². The second kappa shape index (κ2) is 7.79. The van der Waals surface area contributed by atoms with E-state index in [1.54, 1.807) is 30.3 Å². The third-order valence-electron chi connectivity index (χ3n) is 3.44. The zero-order valence-electron chi connectivity index (χ0n) is 13.1. The highest BCUT2D eigenvalue weighted by molar-refractivity contribution is 14.1. The van der Waals surface area contributed by atoms with Gasteiger partial charge in [0.05, 0.1) is 21.1 Å². The van der Waals surface area contributed by atoms with Gasteiger partial charge in [0.15, 0.2) is 5.70 Å². The number of nitro benzene ring substituents is 1. The Morgan fingerprint density at radius 2 is 2.00 bits per heavy atom. The number of carbonyl (C=O) groups excluding carboxylic acids is 1. The highest BCUT2D eigenvalue weighted by atomic mass is 127. The van der Waals surface area contributed by atoms with Crippen LogP contribution >= 0.6 is 34.2 Å². The molecule has 0 N–H and O–H groups in total. The van der Waals surface area contributed by atoms with E-state index in [-0.39, 0.29) is 17.3 Å². The molecule has 1 heterocycles. The highest BCUT2D eigenvalue weighted by Gasteiger charge is 2.25. The Morgan fingerprint density at radius 1 is 1.23 bits per heavy atom. The molecule has 0 saturated heterocycles. The molecular formula is C18H10ClIN2O4. The average Bonchev–Trinajstić information content (AvgIpc) is 2.98. The quantitative estimate of drug-likeness (QED) is 0.208. The van der Waals surface area contributed by atoms with E-state index in [1.807, 2.05) is 6.07 Å². The fourth-order valence-electron chi connectivity index (χ4n) is 2.24. The molecule has 2 aromatic rings. The van der Waals surface area contributed by atoms with Gasteiger partial charge in [-0.2, -0.15) is 0 Å². The molecule has 0 aliphatic carbocycles. The molecule has 0 radical (unpaired) electrons. The summed E-state index contributed by atoms with van der Waals surface area (Å²) >= 11 is 8.25. The topological polar surface area (TPSA) is 81.8 Å². The molecule has 0 fully saturated rings. The normalized spacial score (nSPS) is 15.4. The molecule has 0 atom stereocenters. The van der Waals surface area contributed by atoms with Crippen molar-refractivity contribution in [2.24, 2.45) is 4.99 Å². The largest absolute Gasteiger partial charge is 0.402 e. The Balaban J connectivity index is 1.88. The Bertz CT molecular complexity index is 998. The van der Waals surface area contributed by atoms with Crippen molar-refractivity contribution in [2.45, 2.75) is 0 Å². The van der Waals surface area contributed by atoms with Crippen LogP contribution in [0.2, 0.25) is 5.02 Å². The number of hydrogen-bond acceptors (Lipinski definition) is 5. The molecule has 0 spiro atoms. The monoisotopic (exact) mass is 480 g/mol. The summed E-state index contributed by atoms with van der Waals surface area (Å²) in [7, 11) is 0. The van der Waals surface area contributed by atoms with Gasteiger partial charge in [0, 0.05) is 9.64 Å². The highest BCUT2D eigenvalue weighted by Crippen LogP contribution is 2.25. The molecule has 1 aliphatic rings. The second-order valence-electron chi connectivity index (χ2n) is 5.16. The molecule has 2 aromatic carbocycles. The van der Waals surface area contributed by atoms with Gasteiger partial charge in [0.2, 0.25) is 5.90 Å². The number of esters is 1. The van der Waals surface area contributed by atoms with Crippen molar-refractivity contribution in [1.82, 2.24) is 0 Å². The maximum atomic E-state index is 12.0. The van der Waals surface area contributed by atoms with Crippen molar-refractivity contribution in [3.05, 3.63) is 90.1 Å². The number of allylic oxidation sites excluding steroid dienone is 2. The lowest BCUT2D eigenvalue weighted by Crippen LogP contribution is -2.06. The summed E-state index contributed by atoms with van der Waals surface area (Å²) in [6, 6.07) is 11.6. The third-order valence-corrected chi connectivity index (χ3v) is 4.44. The van der Waals surface area contributed by atoms with Crippen LogP contribution in [0.25, 0.3) is 6.08 Å². The zero-order valence-corrected chi connectivity index (χ0v) is 16.0. The summed E-state index contributed by atoms with van der Waals surface area (Å²) in [6.07, 6.45) is 4.49. The number of hydrogen-bond donors (Lipinski definition) is 0. The van der Waals surface area contributed by atoms with Gasteiger partial charge in [-0.1, -0.05) is 29.8 Å². The number of rotatable bonds is 4. The maximum Gasteiger partial charge on any atom is 0.363 e. The van der Waals surface area contributed by atoms with Crippen molar-refractivity contribution in [2.75, 3.05) is 0 Å². The van der Waals surface area contributed by atoms with E-state index in [2.05, 4.69) is 27.6 Å². The smallest absolute Gasteiger partial charge is 0.363 e. The van der Waals surface area contributed by atoms with Crippen molar-refractivity contribution >= 4 is 57.8 Å². The number of aliphatic imine (C=N–C) groups is 1. The van der Waals surface area contributed by atoms with Crippen molar-refractivity contribution in [1.29, 1.82) is 0 Å². The molecule has 0 bridgehead atoms. The number of benzene rings is 2. The number of nitrogens with zero attached hydrogens (tertiary/aromatic N) is 2. The van der Waals surface area contributed by atoms with Gasteiger partial charge in [0.25, 0.3) is 5.69 Å². The van der Waals surface area contributed by atoms with E-state index in [0.29, 0.717) is 16.1 Å². The Morgan fingerprint density at radius 3 is 2.77 bits per heavy atom. The van der Waals surface area contributed by atoms with Gasteiger partial charge < -0.3 is 4.74 Å². The number of nitro groups is 1. The van der Waals surface area contributed by atoms with Crippen LogP contribution in [0, 0.1) is 13.7 Å². The minimum absolute atomic E-state index is 0.0222. The standard InChI is InChI=1S/C18H10ClIN2O4/c19-14-9-8-12(20)10-13(14)17-21-15(18(23)26-17)6-3-5-11-4-1-2-7-16(11)22(24)25/h1-10H. The van der Waals surface area contributed by atoms with Gasteiger partial charge in [-0.3, -0.25) is 10.1 Å². The molecule has 6 nitrogen and oxygen atoms in total. The van der Waals surface area contributed by atoms with Crippen LogP contribution in [0.1, 0.15) is 11.1 Å². The first kappa shape index (κ1) is 18.3. The fourth-order valence-corrected chi connectivity index (χ4v) is 2.93. The summed E-state index contributed by atoms with van der Waals surface area (Å²) in [5, 5.41) is 11.4. The van der Waals surface area contributed by atoms with E-state index in [0.717, 1.165) is 3.57 Å². The Kier molecular flexibility index (Phi) is 5.48. The van der Waals surface area contributed by atoms with E-state index < -0.39 is 10.9 Å². The first-order valence-electron chi connectivity index (χ1n) is 7.34. The van der Waals surface area contributed by atoms with Crippen LogP contribution in [-0.2, 0) is 9.53 Å². The minimum Gasteiger partial charge on any atom is -0.402 e. The van der Waals surface area contributed by atoms with Crippen LogP contribution in [0.4, 0.5) is 5.69 Å². The van der Waals surface area contributed by atoms with Crippen molar-refractivity contribution < 1.29 is 14.5 Å². The van der Waals surface area contributed by atoms with Crippen molar-refractivity contribution in [3.8, 4) is 0 Å². The first-order chi connectivity index (χ1) is 12.5. The van der Waals surface area contributed by atoms with E-state index in [1.165, 1.54) is 24.3 Å². The lowest BCUT2D eigenvalue weighted by Gasteiger charge is -2.02. The summed E-state index contributed by atoms with van der Waals surface area (Å²) in [4.78, 5) is 26.7. The zero-order chi connectivity index (χ0) is 18.7. The molecule has 3 rings (SSSR count). The van der Waals surface area contributed by atoms with E-state index >= 15 is 0 Å². The van der Waals surface area contributed by atoms with Gasteiger partial charge >= 0.3 is 5.97 Å². The maximum absolute atomic E-state index is 12.0. The molecule has 130 valence electrons. The molecule has 8 heteroatoms. The number of para-hydroxylation sites is 1. The lowest BCUT2D eigenvalue weighted by atomic mass is 10.1. The van der Waals surface area contributed by atoms with Crippen LogP contribution < -0.4 is 0 Å². The molecule has 0 saturated carbocycles. The van der Waals surface area contributed by atoms with E-state index in [4.69, 9.17) is 16.3 Å². The van der Waals surface area contributed by atoms with Crippen molar-refractivity contribution in [3.63, 3.8) is 0 Å². The average molecular weight is 481 g/mol. The Labute approximate surface area is 167 Å². The van der Waals surface area contributed by atoms with Crippen LogP contribution in [0.5, 0.6) is 0 Å².